The van der Waals surface area contributed by atoms with Crippen LogP contribution in [-0.4, -0.2) is 36.5 Å². The van der Waals surface area contributed by atoms with Gasteiger partial charge < -0.3 is 14.6 Å². The molecule has 0 spiro atoms. The van der Waals surface area contributed by atoms with Crippen LogP contribution in [0.4, 0.5) is 5.69 Å². The molecule has 0 aromatic heterocycles. The van der Waals surface area contributed by atoms with Crippen LogP contribution in [0.3, 0.4) is 0 Å². The number of ether oxygens (including phenoxy) is 2. The number of carbonyl (C=O) groups is 3. The van der Waals surface area contributed by atoms with Crippen LogP contribution in [0.2, 0.25) is 0 Å². The largest absolute Gasteiger partial charge is 0.507 e. The van der Waals surface area contributed by atoms with E-state index >= 15 is 0 Å². The molecular formula is C30H29NO6. The summed E-state index contributed by atoms with van der Waals surface area (Å²) in [5.41, 5.74) is 4.00. The van der Waals surface area contributed by atoms with Crippen molar-refractivity contribution in [3.05, 3.63) is 100 Å². The number of hydrogen-bond donors (Lipinski definition) is 1. The van der Waals surface area contributed by atoms with E-state index in [2.05, 4.69) is 0 Å². The first-order valence-corrected chi connectivity index (χ1v) is 12.0. The molecule has 0 radical (unpaired) electrons. The monoisotopic (exact) mass is 499 g/mol. The van der Waals surface area contributed by atoms with E-state index in [4.69, 9.17) is 9.47 Å². The number of methoxy groups -OCH3 is 1. The summed E-state index contributed by atoms with van der Waals surface area (Å²) in [5.74, 6) is -1.80. The summed E-state index contributed by atoms with van der Waals surface area (Å²) in [6.45, 7) is 5.83. The third-order valence-electron chi connectivity index (χ3n) is 6.28. The first-order valence-electron chi connectivity index (χ1n) is 12.0. The fourth-order valence-electron chi connectivity index (χ4n) is 4.56. The van der Waals surface area contributed by atoms with E-state index in [-0.39, 0.29) is 23.7 Å². The molecule has 1 fully saturated rings. The number of aryl methyl sites for hydroxylation is 2. The third-order valence-corrected chi connectivity index (χ3v) is 6.28. The summed E-state index contributed by atoms with van der Waals surface area (Å²) in [7, 11) is 1.48. The molecule has 1 amide bonds. The van der Waals surface area contributed by atoms with Crippen molar-refractivity contribution in [3.8, 4) is 5.75 Å². The maximum Gasteiger partial charge on any atom is 0.310 e. The SMILES string of the molecule is CCOC(=O)Cc1ccc(N2C(=O)C(=O)/C(=C(/O)c3cc(C)ccc3OC)C2c2cccc(C)c2)cc1. The van der Waals surface area contributed by atoms with Crippen molar-refractivity contribution in [2.24, 2.45) is 0 Å². The molecule has 190 valence electrons. The summed E-state index contributed by atoms with van der Waals surface area (Å²) in [6.07, 6.45) is 0.0986. The molecule has 37 heavy (non-hydrogen) atoms. The van der Waals surface area contributed by atoms with Gasteiger partial charge in [0, 0.05) is 5.69 Å². The number of benzene rings is 3. The Morgan fingerprint density at radius 2 is 1.68 bits per heavy atom. The number of nitrogens with zero attached hydrogens (tertiary/aromatic N) is 1. The lowest BCUT2D eigenvalue weighted by Crippen LogP contribution is -2.29. The molecule has 1 N–H and O–H groups in total. The topological polar surface area (TPSA) is 93.1 Å². The normalized spacial score (nSPS) is 16.6. The van der Waals surface area contributed by atoms with Gasteiger partial charge in [0.2, 0.25) is 0 Å². The van der Waals surface area contributed by atoms with Crippen molar-refractivity contribution in [1.82, 2.24) is 0 Å². The smallest absolute Gasteiger partial charge is 0.310 e. The van der Waals surface area contributed by atoms with Gasteiger partial charge in [0.1, 0.15) is 11.5 Å². The van der Waals surface area contributed by atoms with Crippen molar-refractivity contribution in [2.45, 2.75) is 33.2 Å². The van der Waals surface area contributed by atoms with Gasteiger partial charge in [-0.25, -0.2) is 0 Å². The quantitative estimate of drug-likeness (QED) is 0.212. The highest BCUT2D eigenvalue weighted by molar-refractivity contribution is 6.51. The summed E-state index contributed by atoms with van der Waals surface area (Å²) in [5, 5.41) is 11.5. The van der Waals surface area contributed by atoms with Gasteiger partial charge in [-0.1, -0.05) is 53.6 Å². The maximum atomic E-state index is 13.4. The second kappa shape index (κ2) is 10.7. The number of rotatable bonds is 7. The molecule has 1 aliphatic rings. The zero-order chi connectivity index (χ0) is 26.7. The van der Waals surface area contributed by atoms with Gasteiger partial charge in [-0.2, -0.15) is 0 Å². The molecule has 7 heteroatoms. The Kier molecular flexibility index (Phi) is 7.43. The number of carbonyl (C=O) groups excluding carboxylic acids is 3. The highest BCUT2D eigenvalue weighted by atomic mass is 16.5. The number of ketones is 1. The number of anilines is 1. The van der Waals surface area contributed by atoms with E-state index < -0.39 is 17.7 Å². The van der Waals surface area contributed by atoms with E-state index in [1.165, 1.54) is 12.0 Å². The number of aliphatic hydroxyl groups is 1. The summed E-state index contributed by atoms with van der Waals surface area (Å²) in [4.78, 5) is 40.1. The molecule has 1 aliphatic heterocycles. The molecule has 0 saturated carbocycles. The molecule has 4 rings (SSSR count). The van der Waals surface area contributed by atoms with Gasteiger partial charge in [-0.15, -0.1) is 0 Å². The highest BCUT2D eigenvalue weighted by Gasteiger charge is 2.47. The van der Waals surface area contributed by atoms with Crippen LogP contribution in [0, 0.1) is 13.8 Å². The van der Waals surface area contributed by atoms with Crippen molar-refractivity contribution in [3.63, 3.8) is 0 Å². The van der Waals surface area contributed by atoms with Crippen molar-refractivity contribution < 1.29 is 29.0 Å². The molecule has 7 nitrogen and oxygen atoms in total. The van der Waals surface area contributed by atoms with E-state index in [1.807, 2.05) is 44.2 Å². The van der Waals surface area contributed by atoms with Crippen LogP contribution >= 0.6 is 0 Å². The van der Waals surface area contributed by atoms with E-state index in [9.17, 15) is 19.5 Å². The minimum Gasteiger partial charge on any atom is -0.507 e. The Hall–Kier alpha value is -4.39. The van der Waals surface area contributed by atoms with Crippen LogP contribution in [-0.2, 0) is 25.5 Å². The zero-order valence-corrected chi connectivity index (χ0v) is 21.3. The van der Waals surface area contributed by atoms with Gasteiger partial charge >= 0.3 is 5.97 Å². The fraction of sp³-hybridized carbons (Fsp3) is 0.233. The summed E-state index contributed by atoms with van der Waals surface area (Å²) >= 11 is 0. The Morgan fingerprint density at radius 3 is 2.32 bits per heavy atom. The fourth-order valence-corrected chi connectivity index (χ4v) is 4.56. The highest BCUT2D eigenvalue weighted by Crippen LogP contribution is 2.43. The lowest BCUT2D eigenvalue weighted by molar-refractivity contribution is -0.142. The minimum atomic E-state index is -0.860. The number of aliphatic hydroxyl groups excluding tert-OH is 1. The first-order chi connectivity index (χ1) is 17.7. The second-order valence-corrected chi connectivity index (χ2v) is 8.94. The Labute approximate surface area is 215 Å². The van der Waals surface area contributed by atoms with Crippen molar-refractivity contribution in [2.75, 3.05) is 18.6 Å². The Bertz CT molecular complexity index is 1390. The number of hydrogen-bond acceptors (Lipinski definition) is 6. The van der Waals surface area contributed by atoms with E-state index in [1.54, 1.807) is 43.3 Å². The van der Waals surface area contributed by atoms with Gasteiger partial charge in [-0.05, 0) is 56.2 Å². The minimum absolute atomic E-state index is 0.0184. The van der Waals surface area contributed by atoms with Gasteiger partial charge in [0.25, 0.3) is 11.7 Å². The average molecular weight is 500 g/mol. The standard InChI is InChI=1S/C30H29NO6/c1-5-37-25(32)17-20-10-12-22(13-11-20)31-27(21-8-6-7-18(2)15-21)26(29(34)30(31)35)28(33)23-16-19(3)9-14-24(23)36-4/h6-16,27,33H,5,17H2,1-4H3/b28-26+. The van der Waals surface area contributed by atoms with Crippen LogP contribution < -0.4 is 9.64 Å². The number of Topliss-reactive ketones (excluding diaryl/α,β-unsaturated/α-hetero) is 1. The molecule has 1 heterocycles. The number of amides is 1. The lowest BCUT2D eigenvalue weighted by atomic mass is 9.93. The first kappa shape index (κ1) is 25.7. The zero-order valence-electron chi connectivity index (χ0n) is 21.3. The van der Waals surface area contributed by atoms with Crippen molar-refractivity contribution >= 4 is 29.1 Å². The van der Waals surface area contributed by atoms with Crippen LogP contribution in [0.1, 0.15) is 40.8 Å². The molecular weight excluding hydrogens is 470 g/mol. The van der Waals surface area contributed by atoms with Crippen molar-refractivity contribution in [1.29, 1.82) is 0 Å². The maximum absolute atomic E-state index is 13.4. The third kappa shape index (κ3) is 5.11. The van der Waals surface area contributed by atoms with Crippen LogP contribution in [0.5, 0.6) is 5.75 Å². The predicted octanol–water partition coefficient (Wildman–Crippen LogP) is 5.04. The van der Waals surface area contributed by atoms with E-state index in [0.717, 1.165) is 16.7 Å². The Balaban J connectivity index is 1.86. The molecule has 1 unspecified atom stereocenters. The molecule has 1 atom stereocenters. The van der Waals surface area contributed by atoms with E-state index in [0.29, 0.717) is 29.2 Å². The van der Waals surface area contributed by atoms with Gasteiger partial charge in [-0.3, -0.25) is 19.3 Å². The average Bonchev–Trinajstić information content (AvgIpc) is 3.14. The molecule has 0 aliphatic carbocycles. The molecule has 1 saturated heterocycles. The number of esters is 1. The summed E-state index contributed by atoms with van der Waals surface area (Å²) in [6, 6.07) is 18.7. The van der Waals surface area contributed by atoms with Gasteiger partial charge in [0.15, 0.2) is 0 Å². The molecule has 3 aromatic carbocycles. The van der Waals surface area contributed by atoms with Crippen LogP contribution in [0.25, 0.3) is 5.76 Å². The van der Waals surface area contributed by atoms with Crippen LogP contribution in [0.15, 0.2) is 72.3 Å². The molecule has 3 aromatic rings. The second-order valence-electron chi connectivity index (χ2n) is 8.94. The van der Waals surface area contributed by atoms with Gasteiger partial charge in [0.05, 0.1) is 37.3 Å². The molecule has 0 bridgehead atoms. The summed E-state index contributed by atoms with van der Waals surface area (Å²) < 4.78 is 10.4. The Morgan fingerprint density at radius 1 is 0.973 bits per heavy atom. The lowest BCUT2D eigenvalue weighted by Gasteiger charge is -2.26. The predicted molar refractivity (Wildman–Crippen MR) is 140 cm³/mol.